The van der Waals surface area contributed by atoms with Gasteiger partial charge in [0.25, 0.3) is 5.91 Å². The van der Waals surface area contributed by atoms with Gasteiger partial charge in [0.1, 0.15) is 0 Å². The van der Waals surface area contributed by atoms with E-state index in [0.717, 1.165) is 41.4 Å². The molecule has 6 heteroatoms. The highest BCUT2D eigenvalue weighted by molar-refractivity contribution is 8.01. The number of nitrogens with one attached hydrogen (secondary N) is 2. The van der Waals surface area contributed by atoms with Crippen molar-refractivity contribution in [2.45, 2.75) is 50.1 Å². The molecule has 2 atom stereocenters. The summed E-state index contributed by atoms with van der Waals surface area (Å²) < 4.78 is 0. The number of piperidine rings is 1. The predicted molar refractivity (Wildman–Crippen MR) is 119 cm³/mol. The Labute approximate surface area is 176 Å². The molecule has 0 bridgehead atoms. The van der Waals surface area contributed by atoms with Crippen LogP contribution in [-0.4, -0.2) is 52.5 Å². The number of carbonyl (C=O) groups excluding carboxylic acids is 2. The SMILES string of the molecule is CC[C@@H](C)NC(=O)[C@H]1CSC2(CCN(C(=O)c3ccc4ccccc4c3)CC2)N1. The second-order valence-electron chi connectivity index (χ2n) is 8.17. The van der Waals surface area contributed by atoms with Crippen LogP contribution < -0.4 is 10.6 Å². The summed E-state index contributed by atoms with van der Waals surface area (Å²) >= 11 is 1.84. The van der Waals surface area contributed by atoms with Crippen molar-refractivity contribution in [2.24, 2.45) is 0 Å². The number of benzene rings is 2. The minimum atomic E-state index is -0.142. The molecule has 0 saturated carbocycles. The highest BCUT2D eigenvalue weighted by Crippen LogP contribution is 2.39. The van der Waals surface area contributed by atoms with Crippen molar-refractivity contribution >= 4 is 34.3 Å². The van der Waals surface area contributed by atoms with Crippen LogP contribution in [0.15, 0.2) is 42.5 Å². The van der Waals surface area contributed by atoms with Crippen molar-refractivity contribution in [2.75, 3.05) is 18.8 Å². The van der Waals surface area contributed by atoms with Gasteiger partial charge < -0.3 is 10.2 Å². The van der Waals surface area contributed by atoms with Crippen molar-refractivity contribution in [3.8, 4) is 0 Å². The number of hydrogen-bond acceptors (Lipinski definition) is 4. The molecule has 0 unspecified atom stereocenters. The zero-order valence-corrected chi connectivity index (χ0v) is 17.9. The Morgan fingerprint density at radius 2 is 1.93 bits per heavy atom. The molecule has 5 nitrogen and oxygen atoms in total. The fourth-order valence-corrected chi connectivity index (χ4v) is 5.51. The van der Waals surface area contributed by atoms with Crippen LogP contribution in [0.1, 0.15) is 43.5 Å². The zero-order chi connectivity index (χ0) is 20.4. The minimum Gasteiger partial charge on any atom is -0.352 e. The lowest BCUT2D eigenvalue weighted by Crippen LogP contribution is -2.55. The Hall–Kier alpha value is -2.05. The lowest BCUT2D eigenvalue weighted by atomic mass is 10.0. The lowest BCUT2D eigenvalue weighted by molar-refractivity contribution is -0.123. The minimum absolute atomic E-state index is 0.0857. The number of likely N-dealkylation sites (tertiary alicyclic amines) is 1. The summed E-state index contributed by atoms with van der Waals surface area (Å²) in [5.41, 5.74) is 0.748. The fourth-order valence-electron chi connectivity index (χ4n) is 4.10. The van der Waals surface area contributed by atoms with Crippen molar-refractivity contribution in [3.63, 3.8) is 0 Å². The van der Waals surface area contributed by atoms with E-state index in [2.05, 4.69) is 23.6 Å². The van der Waals surface area contributed by atoms with Crippen molar-refractivity contribution in [1.82, 2.24) is 15.5 Å². The first-order valence-corrected chi connectivity index (χ1v) is 11.5. The van der Waals surface area contributed by atoms with Crippen LogP contribution in [0, 0.1) is 0 Å². The Morgan fingerprint density at radius 3 is 2.66 bits per heavy atom. The van der Waals surface area contributed by atoms with Gasteiger partial charge in [-0.2, -0.15) is 0 Å². The highest BCUT2D eigenvalue weighted by Gasteiger charge is 2.44. The van der Waals surface area contributed by atoms with Crippen molar-refractivity contribution in [1.29, 1.82) is 0 Å². The van der Waals surface area contributed by atoms with Crippen molar-refractivity contribution in [3.05, 3.63) is 48.0 Å². The maximum absolute atomic E-state index is 13.0. The Balaban J connectivity index is 1.36. The average Bonchev–Trinajstić information content (AvgIpc) is 3.17. The molecule has 2 N–H and O–H groups in total. The molecule has 4 rings (SSSR count). The van der Waals surface area contributed by atoms with E-state index in [0.29, 0.717) is 13.1 Å². The second kappa shape index (κ2) is 8.36. The summed E-state index contributed by atoms with van der Waals surface area (Å²) in [6.45, 7) is 5.54. The van der Waals surface area contributed by atoms with E-state index in [1.165, 1.54) is 0 Å². The van der Waals surface area contributed by atoms with Crippen molar-refractivity contribution < 1.29 is 9.59 Å². The molecule has 29 heavy (non-hydrogen) atoms. The number of hydrogen-bond donors (Lipinski definition) is 2. The van der Waals surface area contributed by atoms with E-state index in [1.54, 1.807) is 0 Å². The molecule has 2 aliphatic rings. The fraction of sp³-hybridized carbons (Fsp3) is 0.478. The van der Waals surface area contributed by atoms with Gasteiger partial charge in [0.2, 0.25) is 5.91 Å². The average molecular weight is 412 g/mol. The van der Waals surface area contributed by atoms with E-state index in [9.17, 15) is 9.59 Å². The topological polar surface area (TPSA) is 61.4 Å². The molecule has 0 aromatic heterocycles. The van der Waals surface area contributed by atoms with Gasteiger partial charge in [0.05, 0.1) is 10.9 Å². The van der Waals surface area contributed by atoms with Gasteiger partial charge in [-0.25, -0.2) is 0 Å². The summed E-state index contributed by atoms with van der Waals surface area (Å²) in [7, 11) is 0. The summed E-state index contributed by atoms with van der Waals surface area (Å²) in [6, 6.07) is 14.1. The van der Waals surface area contributed by atoms with E-state index in [4.69, 9.17) is 0 Å². The summed E-state index contributed by atoms with van der Waals surface area (Å²) in [6.07, 6.45) is 2.66. The Morgan fingerprint density at radius 1 is 1.21 bits per heavy atom. The third kappa shape index (κ3) is 4.28. The standard InChI is InChI=1S/C23H29N3O2S/c1-3-16(2)24-21(27)20-15-29-23(25-20)10-12-26(13-11-23)22(28)19-9-8-17-6-4-5-7-18(17)14-19/h4-9,14,16,20,25H,3,10-13,15H2,1-2H3,(H,24,27)/t16-,20-/m1/s1. The van der Waals surface area contributed by atoms with Gasteiger partial charge in [0.15, 0.2) is 0 Å². The zero-order valence-electron chi connectivity index (χ0n) is 17.1. The molecule has 2 amide bonds. The number of rotatable bonds is 4. The van der Waals surface area contributed by atoms with Crippen LogP contribution in [0.5, 0.6) is 0 Å². The van der Waals surface area contributed by atoms with Gasteiger partial charge in [0, 0.05) is 30.4 Å². The van der Waals surface area contributed by atoms with E-state index < -0.39 is 0 Å². The maximum Gasteiger partial charge on any atom is 0.253 e. The van der Waals surface area contributed by atoms with Gasteiger partial charge in [-0.15, -0.1) is 11.8 Å². The van der Waals surface area contributed by atoms with Crippen LogP contribution in [-0.2, 0) is 4.79 Å². The van der Waals surface area contributed by atoms with Crippen LogP contribution in [0.4, 0.5) is 0 Å². The molecule has 2 aliphatic heterocycles. The summed E-state index contributed by atoms with van der Waals surface area (Å²) in [5, 5.41) is 8.89. The number of thioether (sulfide) groups is 1. The predicted octanol–water partition coefficient (Wildman–Crippen LogP) is 3.39. The van der Waals surface area contributed by atoms with Crippen LogP contribution in [0.25, 0.3) is 10.8 Å². The largest absolute Gasteiger partial charge is 0.352 e. The molecular weight excluding hydrogens is 382 g/mol. The Kier molecular flexibility index (Phi) is 5.83. The quantitative estimate of drug-likeness (QED) is 0.810. The molecule has 0 aliphatic carbocycles. The smallest absolute Gasteiger partial charge is 0.253 e. The lowest BCUT2D eigenvalue weighted by Gasteiger charge is -2.39. The first kappa shape index (κ1) is 20.2. The first-order chi connectivity index (χ1) is 14.0. The molecule has 2 saturated heterocycles. The summed E-state index contributed by atoms with van der Waals surface area (Å²) in [4.78, 5) is 27.3. The molecule has 154 valence electrons. The normalized spacial score (nSPS) is 22.0. The first-order valence-electron chi connectivity index (χ1n) is 10.5. The van der Waals surface area contributed by atoms with Crippen LogP contribution in [0.2, 0.25) is 0 Å². The number of fused-ring (bicyclic) bond motifs is 1. The molecule has 0 radical (unpaired) electrons. The second-order valence-corrected chi connectivity index (χ2v) is 9.58. The van der Waals surface area contributed by atoms with Gasteiger partial charge >= 0.3 is 0 Å². The maximum atomic E-state index is 13.0. The highest BCUT2D eigenvalue weighted by atomic mass is 32.2. The van der Waals surface area contributed by atoms with E-state index in [1.807, 2.05) is 60.0 Å². The van der Waals surface area contributed by atoms with Crippen LogP contribution >= 0.6 is 11.8 Å². The molecule has 2 aromatic carbocycles. The van der Waals surface area contributed by atoms with E-state index in [-0.39, 0.29) is 28.8 Å². The monoisotopic (exact) mass is 411 g/mol. The molecule has 2 fully saturated rings. The van der Waals surface area contributed by atoms with Crippen LogP contribution in [0.3, 0.4) is 0 Å². The summed E-state index contributed by atoms with van der Waals surface area (Å²) in [5.74, 6) is 0.985. The number of nitrogens with zero attached hydrogens (tertiary/aromatic N) is 1. The molecule has 1 spiro atoms. The van der Waals surface area contributed by atoms with Gasteiger partial charge in [-0.3, -0.25) is 14.9 Å². The van der Waals surface area contributed by atoms with Gasteiger partial charge in [-0.05, 0) is 49.1 Å². The molecule has 2 heterocycles. The van der Waals surface area contributed by atoms with Gasteiger partial charge in [-0.1, -0.05) is 37.3 Å². The third-order valence-corrected chi connectivity index (χ3v) is 7.71. The number of carbonyl (C=O) groups is 2. The van der Waals surface area contributed by atoms with E-state index >= 15 is 0 Å². The molecule has 2 aromatic rings. The molecular formula is C23H29N3O2S. The number of amides is 2. The third-order valence-electron chi connectivity index (χ3n) is 6.14. The Bertz CT molecular complexity index is 908.